The van der Waals surface area contributed by atoms with Crippen LogP contribution < -0.4 is 9.80 Å². The van der Waals surface area contributed by atoms with Crippen molar-refractivity contribution in [3.63, 3.8) is 0 Å². The van der Waals surface area contributed by atoms with Crippen molar-refractivity contribution in [1.29, 1.82) is 0 Å². The van der Waals surface area contributed by atoms with Gasteiger partial charge < -0.3 is 19.1 Å². The van der Waals surface area contributed by atoms with Crippen LogP contribution in [0.3, 0.4) is 0 Å². The fraction of sp³-hybridized carbons (Fsp3) is 0.318. The van der Waals surface area contributed by atoms with Gasteiger partial charge in [0.25, 0.3) is 5.91 Å². The summed E-state index contributed by atoms with van der Waals surface area (Å²) >= 11 is 1.73. The maximum absolute atomic E-state index is 12.9. The number of hydrogen-bond donors (Lipinski definition) is 1. The molecule has 1 N–H and O–H groups in total. The molecule has 0 spiro atoms. The van der Waals surface area contributed by atoms with E-state index in [1.54, 1.807) is 22.5 Å². The Bertz CT molecular complexity index is 806. The minimum atomic E-state index is 0.134. The number of likely N-dealkylation sites (N-methyl/N-ethyl adjacent to an activating group) is 1. The predicted octanol–water partition coefficient (Wildman–Crippen LogP) is 2.65. The van der Waals surface area contributed by atoms with E-state index in [0.717, 1.165) is 23.6 Å². The average molecular weight is 399 g/mol. The molecule has 3 rings (SSSR count). The lowest BCUT2D eigenvalue weighted by atomic mass is 10.2. The Morgan fingerprint density at radius 2 is 1.82 bits per heavy atom. The monoisotopic (exact) mass is 398 g/mol. The molecule has 0 bridgehead atoms. The third-order valence-electron chi connectivity index (χ3n) is 4.71. The number of anilines is 1. The largest absolute Gasteiger partial charge is 0.463 e. The van der Waals surface area contributed by atoms with Gasteiger partial charge in [0.05, 0.1) is 11.1 Å². The van der Waals surface area contributed by atoms with Gasteiger partial charge in [-0.1, -0.05) is 18.2 Å². The van der Waals surface area contributed by atoms with Crippen LogP contribution in [-0.4, -0.2) is 38.5 Å². The maximum atomic E-state index is 12.9. The number of nitrogens with zero attached hydrogens (tertiary/aromatic N) is 2. The Kier molecular flexibility index (Phi) is 6.90. The molecule has 0 aliphatic rings. The van der Waals surface area contributed by atoms with Crippen LogP contribution >= 0.6 is 11.3 Å². The zero-order valence-corrected chi connectivity index (χ0v) is 17.5. The van der Waals surface area contributed by atoms with E-state index in [0.29, 0.717) is 19.6 Å². The van der Waals surface area contributed by atoms with E-state index < -0.39 is 0 Å². The van der Waals surface area contributed by atoms with Crippen molar-refractivity contribution in [1.82, 2.24) is 4.90 Å². The zero-order chi connectivity index (χ0) is 19.9. The van der Waals surface area contributed by atoms with Crippen molar-refractivity contribution in [3.8, 4) is 0 Å². The molecular formula is C22H28N3O2S+. The van der Waals surface area contributed by atoms with Crippen molar-refractivity contribution in [3.05, 3.63) is 76.4 Å². The lowest BCUT2D eigenvalue weighted by Crippen LogP contribution is -3.10. The van der Waals surface area contributed by atoms with Crippen molar-refractivity contribution < 1.29 is 14.1 Å². The summed E-state index contributed by atoms with van der Waals surface area (Å²) in [6.07, 6.45) is 1.68. The van der Waals surface area contributed by atoms with Gasteiger partial charge in [-0.2, -0.15) is 0 Å². The SMILES string of the molecule is CN(Cc1ccc(N(C)C)cc1)C(=O)C[NH+](Cc1ccco1)Cc1cccs1. The first kappa shape index (κ1) is 20.2. The smallest absolute Gasteiger partial charge is 0.277 e. The van der Waals surface area contributed by atoms with Gasteiger partial charge in [-0.05, 0) is 41.3 Å². The van der Waals surface area contributed by atoms with E-state index in [1.165, 1.54) is 9.78 Å². The molecule has 0 saturated heterocycles. The third-order valence-corrected chi connectivity index (χ3v) is 5.58. The number of thiophene rings is 1. The van der Waals surface area contributed by atoms with Gasteiger partial charge >= 0.3 is 0 Å². The van der Waals surface area contributed by atoms with Crippen LogP contribution in [0.1, 0.15) is 16.2 Å². The minimum absolute atomic E-state index is 0.134. The first-order valence-electron chi connectivity index (χ1n) is 9.40. The fourth-order valence-electron chi connectivity index (χ4n) is 3.12. The van der Waals surface area contributed by atoms with Crippen LogP contribution in [-0.2, 0) is 24.4 Å². The highest BCUT2D eigenvalue weighted by atomic mass is 32.1. The molecule has 0 fully saturated rings. The summed E-state index contributed by atoms with van der Waals surface area (Å²) in [5, 5.41) is 2.07. The second-order valence-electron chi connectivity index (χ2n) is 7.25. The number of furan rings is 1. The average Bonchev–Trinajstić information content (AvgIpc) is 3.36. The first-order valence-corrected chi connectivity index (χ1v) is 10.3. The number of carbonyl (C=O) groups is 1. The van der Waals surface area contributed by atoms with Crippen molar-refractivity contribution in [2.75, 3.05) is 32.6 Å². The molecule has 5 nitrogen and oxygen atoms in total. The van der Waals surface area contributed by atoms with Gasteiger partial charge in [0, 0.05) is 33.4 Å². The summed E-state index contributed by atoms with van der Waals surface area (Å²) in [5.74, 6) is 1.04. The van der Waals surface area contributed by atoms with Crippen LogP contribution in [0.4, 0.5) is 5.69 Å². The van der Waals surface area contributed by atoms with E-state index in [4.69, 9.17) is 4.42 Å². The number of hydrogen-bond acceptors (Lipinski definition) is 4. The number of benzene rings is 1. The number of quaternary nitrogens is 1. The molecule has 0 aliphatic carbocycles. The van der Waals surface area contributed by atoms with Crippen LogP contribution in [0.25, 0.3) is 0 Å². The molecule has 0 saturated carbocycles. The molecule has 1 aromatic carbocycles. The standard InChI is InChI=1S/C22H27N3O2S/c1-23(2)19-10-8-18(9-11-19)14-24(3)22(26)17-25(15-20-6-4-12-27-20)16-21-7-5-13-28-21/h4-13H,14-17H2,1-3H3/p+1. The van der Waals surface area contributed by atoms with Gasteiger partial charge in [-0.3, -0.25) is 4.79 Å². The highest BCUT2D eigenvalue weighted by Crippen LogP contribution is 2.13. The van der Waals surface area contributed by atoms with Gasteiger partial charge in [0.1, 0.15) is 13.1 Å². The van der Waals surface area contributed by atoms with Crippen LogP contribution in [0, 0.1) is 0 Å². The molecule has 1 atom stereocenters. The van der Waals surface area contributed by atoms with E-state index in [9.17, 15) is 4.79 Å². The lowest BCUT2D eigenvalue weighted by Gasteiger charge is -2.22. The van der Waals surface area contributed by atoms with Gasteiger partial charge in [0.2, 0.25) is 0 Å². The topological polar surface area (TPSA) is 41.1 Å². The molecule has 1 unspecified atom stereocenters. The second kappa shape index (κ2) is 9.57. The fourth-order valence-corrected chi connectivity index (χ4v) is 3.89. The minimum Gasteiger partial charge on any atom is -0.463 e. The highest BCUT2D eigenvalue weighted by Gasteiger charge is 2.20. The summed E-state index contributed by atoms with van der Waals surface area (Å²) in [4.78, 5) is 19.2. The van der Waals surface area contributed by atoms with Gasteiger partial charge in [0.15, 0.2) is 12.3 Å². The van der Waals surface area contributed by atoms with Crippen LogP contribution in [0.5, 0.6) is 0 Å². The van der Waals surface area contributed by atoms with Gasteiger partial charge in [-0.25, -0.2) is 0 Å². The summed E-state index contributed by atoms with van der Waals surface area (Å²) in [6.45, 7) is 2.56. The normalized spacial score (nSPS) is 12.0. The van der Waals surface area contributed by atoms with Crippen LogP contribution in [0.2, 0.25) is 0 Å². The molecule has 3 aromatic rings. The van der Waals surface area contributed by atoms with Crippen LogP contribution in [0.15, 0.2) is 64.6 Å². The number of nitrogens with one attached hydrogen (secondary N) is 1. The Labute approximate surface area is 170 Å². The zero-order valence-electron chi connectivity index (χ0n) is 16.7. The van der Waals surface area contributed by atoms with E-state index in [1.807, 2.05) is 33.3 Å². The molecule has 1 amide bonds. The summed E-state index contributed by atoms with van der Waals surface area (Å²) < 4.78 is 5.51. The van der Waals surface area contributed by atoms with E-state index >= 15 is 0 Å². The number of carbonyl (C=O) groups excluding carboxylic acids is 1. The molecule has 2 aromatic heterocycles. The molecule has 148 valence electrons. The Hall–Kier alpha value is -2.57. The second-order valence-corrected chi connectivity index (χ2v) is 8.28. The van der Waals surface area contributed by atoms with E-state index in [-0.39, 0.29) is 5.91 Å². The third kappa shape index (κ3) is 5.71. The number of amides is 1. The maximum Gasteiger partial charge on any atom is 0.277 e. The summed E-state index contributed by atoms with van der Waals surface area (Å²) in [6, 6.07) is 16.4. The lowest BCUT2D eigenvalue weighted by molar-refractivity contribution is -0.920. The quantitative estimate of drug-likeness (QED) is 0.603. The van der Waals surface area contributed by atoms with E-state index in [2.05, 4.69) is 46.7 Å². The van der Waals surface area contributed by atoms with Crippen molar-refractivity contribution in [2.45, 2.75) is 19.6 Å². The summed E-state index contributed by atoms with van der Waals surface area (Å²) in [7, 11) is 5.92. The Morgan fingerprint density at radius 3 is 2.43 bits per heavy atom. The molecule has 0 radical (unpaired) electrons. The molecule has 28 heavy (non-hydrogen) atoms. The van der Waals surface area contributed by atoms with Crippen molar-refractivity contribution in [2.24, 2.45) is 0 Å². The van der Waals surface area contributed by atoms with Crippen molar-refractivity contribution >= 4 is 22.9 Å². The Balaban J connectivity index is 1.61. The molecule has 2 heterocycles. The molecular weight excluding hydrogens is 370 g/mol. The molecule has 6 heteroatoms. The number of rotatable bonds is 9. The predicted molar refractivity (Wildman–Crippen MR) is 114 cm³/mol. The Morgan fingerprint density at radius 1 is 1.04 bits per heavy atom. The highest BCUT2D eigenvalue weighted by molar-refractivity contribution is 7.09. The summed E-state index contributed by atoms with van der Waals surface area (Å²) in [5.41, 5.74) is 2.29. The van der Waals surface area contributed by atoms with Gasteiger partial charge in [-0.15, -0.1) is 11.3 Å². The molecule has 0 aliphatic heterocycles. The first-order chi connectivity index (χ1) is 13.5.